The van der Waals surface area contributed by atoms with Crippen LogP contribution in [0.4, 0.5) is 0 Å². The molecule has 1 rings (SSSR count). The fraction of sp³-hybridized carbons (Fsp3) is 0.455. The Hall–Kier alpha value is -1.11. The van der Waals surface area contributed by atoms with E-state index >= 15 is 0 Å². The highest BCUT2D eigenvalue weighted by atomic mass is 32.2. The second-order valence-electron chi connectivity index (χ2n) is 3.71. The number of thioether (sulfide) groups is 1. The number of hydrogen-bond acceptors (Lipinski definition) is 5. The number of amides is 1. The van der Waals surface area contributed by atoms with Crippen LogP contribution in [0.2, 0.25) is 0 Å². The third-order valence-corrected chi connectivity index (χ3v) is 3.43. The molecule has 0 aromatic heterocycles. The van der Waals surface area contributed by atoms with Gasteiger partial charge in [-0.25, -0.2) is 0 Å². The van der Waals surface area contributed by atoms with E-state index in [1.54, 1.807) is 11.8 Å². The highest BCUT2D eigenvalue weighted by Gasteiger charge is 2.20. The maximum atomic E-state index is 11.5. The number of carbonyl (C=O) groups is 2. The van der Waals surface area contributed by atoms with Crippen molar-refractivity contribution in [3.05, 3.63) is 23.6 Å². The summed E-state index contributed by atoms with van der Waals surface area (Å²) in [4.78, 5) is 21.8. The molecule has 0 fully saturated rings. The number of allylic oxidation sites excluding steroid dienone is 2. The van der Waals surface area contributed by atoms with E-state index in [0.29, 0.717) is 18.1 Å². The average molecular weight is 255 g/mol. The van der Waals surface area contributed by atoms with E-state index < -0.39 is 12.1 Å². The van der Waals surface area contributed by atoms with Gasteiger partial charge in [-0.15, -0.1) is 11.8 Å². The van der Waals surface area contributed by atoms with Crippen molar-refractivity contribution >= 4 is 24.0 Å². The third kappa shape index (κ3) is 4.72. The summed E-state index contributed by atoms with van der Waals surface area (Å²) in [6.07, 6.45) is 7.33. The lowest BCUT2D eigenvalue weighted by atomic mass is 10.1. The van der Waals surface area contributed by atoms with Crippen LogP contribution in [0.25, 0.3) is 0 Å². The van der Waals surface area contributed by atoms with Crippen molar-refractivity contribution in [3.8, 4) is 0 Å². The summed E-state index contributed by atoms with van der Waals surface area (Å²) in [5.41, 5.74) is 10.8. The molecular formula is C11H17N3O2S. The first-order valence-corrected chi connectivity index (χ1v) is 6.32. The van der Waals surface area contributed by atoms with Gasteiger partial charge < -0.3 is 21.6 Å². The molecule has 0 radical (unpaired) electrons. The van der Waals surface area contributed by atoms with E-state index in [-0.39, 0.29) is 5.91 Å². The predicted octanol–water partition coefficient (Wildman–Crippen LogP) is -0.468. The molecule has 1 heterocycles. The molecular weight excluding hydrogens is 238 g/mol. The molecule has 0 aliphatic carbocycles. The van der Waals surface area contributed by atoms with Crippen LogP contribution in [0.5, 0.6) is 0 Å². The van der Waals surface area contributed by atoms with Crippen molar-refractivity contribution in [3.63, 3.8) is 0 Å². The number of rotatable bonds is 6. The Kier molecular flexibility index (Phi) is 5.96. The number of hydrogen-bond donors (Lipinski definition) is 3. The Morgan fingerprint density at radius 1 is 1.47 bits per heavy atom. The van der Waals surface area contributed by atoms with Gasteiger partial charge in [-0.3, -0.25) is 4.79 Å². The van der Waals surface area contributed by atoms with Crippen LogP contribution in [0.15, 0.2) is 23.6 Å². The van der Waals surface area contributed by atoms with Gasteiger partial charge in [-0.05, 0) is 11.8 Å². The maximum Gasteiger partial charge on any atom is 0.238 e. The van der Waals surface area contributed by atoms with Crippen molar-refractivity contribution in [1.29, 1.82) is 0 Å². The lowest BCUT2D eigenvalue weighted by molar-refractivity contribution is -0.124. The first kappa shape index (κ1) is 14.0. The molecule has 0 saturated heterocycles. The average Bonchev–Trinajstić information content (AvgIpc) is 2.38. The molecule has 5 nitrogen and oxygen atoms in total. The normalized spacial score (nSPS) is 21.9. The molecule has 0 aromatic rings. The van der Waals surface area contributed by atoms with Crippen molar-refractivity contribution in [2.24, 2.45) is 11.5 Å². The minimum atomic E-state index is -0.970. The first-order chi connectivity index (χ1) is 8.15. The number of nitrogens with two attached hydrogens (primary N) is 2. The first-order valence-electron chi connectivity index (χ1n) is 5.38. The van der Waals surface area contributed by atoms with Gasteiger partial charge in [0.15, 0.2) is 0 Å². The molecule has 1 aliphatic heterocycles. The summed E-state index contributed by atoms with van der Waals surface area (Å²) in [5.74, 6) is -0.384. The molecule has 1 amide bonds. The number of carbonyl (C=O) groups excluding carboxylic acids is 2. The standard InChI is InChI=1S/C11H17N3O2S/c12-9(7-15)10(13)11(16)14-5-4-8-3-1-2-6-17-8/h1-3,6-10H,4-5,12-13H2,(H,14,16). The second-order valence-corrected chi connectivity index (χ2v) is 4.86. The van der Waals surface area contributed by atoms with Gasteiger partial charge in [-0.2, -0.15) is 0 Å². The summed E-state index contributed by atoms with van der Waals surface area (Å²) in [6.45, 7) is 0.522. The fourth-order valence-electron chi connectivity index (χ4n) is 1.30. The van der Waals surface area contributed by atoms with Gasteiger partial charge in [0.25, 0.3) is 0 Å². The molecule has 17 heavy (non-hydrogen) atoms. The van der Waals surface area contributed by atoms with E-state index in [9.17, 15) is 9.59 Å². The van der Waals surface area contributed by atoms with Crippen LogP contribution in [0.1, 0.15) is 6.42 Å². The summed E-state index contributed by atoms with van der Waals surface area (Å²) in [5, 5.41) is 5.06. The third-order valence-electron chi connectivity index (χ3n) is 2.37. The lowest BCUT2D eigenvalue weighted by Crippen LogP contribution is -2.52. The summed E-state index contributed by atoms with van der Waals surface area (Å²) in [6, 6.07) is -1.91. The van der Waals surface area contributed by atoms with Crippen LogP contribution in [0, 0.1) is 0 Å². The molecule has 0 saturated carbocycles. The van der Waals surface area contributed by atoms with E-state index in [1.807, 2.05) is 17.6 Å². The van der Waals surface area contributed by atoms with Crippen LogP contribution in [-0.4, -0.2) is 36.1 Å². The van der Waals surface area contributed by atoms with Crippen LogP contribution >= 0.6 is 11.8 Å². The van der Waals surface area contributed by atoms with E-state index in [1.165, 1.54) is 0 Å². The van der Waals surface area contributed by atoms with Gasteiger partial charge in [-0.1, -0.05) is 18.2 Å². The maximum absolute atomic E-state index is 11.5. The van der Waals surface area contributed by atoms with Crippen molar-refractivity contribution < 1.29 is 9.59 Å². The van der Waals surface area contributed by atoms with E-state index in [0.717, 1.165) is 6.42 Å². The Balaban J connectivity index is 2.22. The number of nitrogens with one attached hydrogen (secondary N) is 1. The second kappa shape index (κ2) is 7.26. The minimum absolute atomic E-state index is 0.372. The van der Waals surface area contributed by atoms with Crippen molar-refractivity contribution in [1.82, 2.24) is 5.32 Å². The predicted molar refractivity (Wildman–Crippen MR) is 69.3 cm³/mol. The molecule has 3 atom stereocenters. The minimum Gasteiger partial charge on any atom is -0.355 e. The van der Waals surface area contributed by atoms with Crippen LogP contribution in [0.3, 0.4) is 0 Å². The Labute approximate surface area is 105 Å². The topological polar surface area (TPSA) is 98.2 Å². The largest absolute Gasteiger partial charge is 0.355 e. The zero-order chi connectivity index (χ0) is 12.7. The van der Waals surface area contributed by atoms with Gasteiger partial charge in [0.05, 0.1) is 6.04 Å². The summed E-state index contributed by atoms with van der Waals surface area (Å²) >= 11 is 1.70. The molecule has 5 N–H and O–H groups in total. The Bertz CT molecular complexity index is 331. The molecule has 0 aromatic carbocycles. The molecule has 3 unspecified atom stereocenters. The number of aldehydes is 1. The van der Waals surface area contributed by atoms with Gasteiger partial charge >= 0.3 is 0 Å². The zero-order valence-electron chi connectivity index (χ0n) is 9.41. The van der Waals surface area contributed by atoms with Crippen molar-refractivity contribution in [2.75, 3.05) is 6.54 Å². The summed E-state index contributed by atoms with van der Waals surface area (Å²) < 4.78 is 0. The fourth-order valence-corrected chi connectivity index (χ4v) is 2.12. The smallest absolute Gasteiger partial charge is 0.238 e. The molecule has 0 spiro atoms. The monoisotopic (exact) mass is 255 g/mol. The van der Waals surface area contributed by atoms with Crippen molar-refractivity contribution in [2.45, 2.75) is 23.8 Å². The van der Waals surface area contributed by atoms with E-state index in [4.69, 9.17) is 11.5 Å². The van der Waals surface area contributed by atoms with Crippen LogP contribution in [-0.2, 0) is 9.59 Å². The molecule has 6 heteroatoms. The SMILES string of the molecule is NC(C=O)C(N)C(=O)NCCC1C=CC=CS1. The summed E-state index contributed by atoms with van der Waals surface area (Å²) in [7, 11) is 0. The quantitative estimate of drug-likeness (QED) is 0.557. The highest BCUT2D eigenvalue weighted by molar-refractivity contribution is 8.02. The van der Waals surface area contributed by atoms with Gasteiger partial charge in [0.2, 0.25) is 5.91 Å². The lowest BCUT2D eigenvalue weighted by Gasteiger charge is -2.16. The van der Waals surface area contributed by atoms with Gasteiger partial charge in [0.1, 0.15) is 12.3 Å². The molecule has 0 bridgehead atoms. The van der Waals surface area contributed by atoms with Crippen LogP contribution < -0.4 is 16.8 Å². The zero-order valence-corrected chi connectivity index (χ0v) is 10.2. The van der Waals surface area contributed by atoms with Gasteiger partial charge in [0, 0.05) is 11.8 Å². The Morgan fingerprint density at radius 2 is 2.24 bits per heavy atom. The molecule has 1 aliphatic rings. The highest BCUT2D eigenvalue weighted by Crippen LogP contribution is 2.20. The van der Waals surface area contributed by atoms with E-state index in [2.05, 4.69) is 11.4 Å². The molecule has 94 valence electrons. The Morgan fingerprint density at radius 3 is 2.82 bits per heavy atom.